The summed E-state index contributed by atoms with van der Waals surface area (Å²) in [5, 5.41) is 12.3. The minimum atomic E-state index is -1.00. The Morgan fingerprint density at radius 1 is 1.24 bits per heavy atom. The van der Waals surface area contributed by atoms with Gasteiger partial charge in [0.05, 0.1) is 11.3 Å². The fraction of sp³-hybridized carbons (Fsp3) is 0.375. The zero-order valence-electron chi connectivity index (χ0n) is 19.0. The fourth-order valence-corrected chi connectivity index (χ4v) is 4.25. The van der Waals surface area contributed by atoms with Gasteiger partial charge in [0, 0.05) is 25.3 Å². The third-order valence-corrected chi connectivity index (χ3v) is 5.92. The maximum Gasteiger partial charge on any atom is 0.407 e. The number of rotatable bonds is 5. The van der Waals surface area contributed by atoms with Gasteiger partial charge in [-0.1, -0.05) is 6.07 Å². The molecule has 1 atom stereocenters. The summed E-state index contributed by atoms with van der Waals surface area (Å²) in [7, 11) is 0. The number of carbonyl (C=O) groups excluding carboxylic acids is 1. The van der Waals surface area contributed by atoms with E-state index in [0.717, 1.165) is 30.5 Å². The van der Waals surface area contributed by atoms with Crippen molar-refractivity contribution in [2.45, 2.75) is 45.8 Å². The number of fused-ring (bicyclic) bond motifs is 1. The zero-order chi connectivity index (χ0) is 24.4. The van der Waals surface area contributed by atoms with Crippen molar-refractivity contribution in [1.82, 2.24) is 19.6 Å². The van der Waals surface area contributed by atoms with Crippen LogP contribution in [0.2, 0.25) is 0 Å². The number of likely N-dealkylation sites (tertiary alicyclic amines) is 1. The molecular weight excluding hydrogens is 446 g/mol. The number of carbonyl (C=O) groups is 2. The molecule has 0 aliphatic carbocycles. The first-order valence-corrected chi connectivity index (χ1v) is 11.1. The first-order chi connectivity index (χ1) is 16.2. The van der Waals surface area contributed by atoms with Gasteiger partial charge in [-0.2, -0.15) is 0 Å². The number of imidazole rings is 1. The second kappa shape index (κ2) is 9.66. The standard InChI is InChI=1S/C24H26F2N4O4/c1-14-10-20(34-13-17-18(25)7-5-8-19(17)26)22-27-15(2)21(30(22)11-14)23(31)28-16-6-3-4-9-29(12-16)24(32)33/h5,7-8,10-11,16H,3-4,6,9,12-13H2,1-2H3,(H,28,31)(H,32,33). The van der Waals surface area contributed by atoms with Gasteiger partial charge < -0.3 is 20.1 Å². The van der Waals surface area contributed by atoms with Gasteiger partial charge in [-0.05, 0) is 56.9 Å². The van der Waals surface area contributed by atoms with Crippen LogP contribution < -0.4 is 10.1 Å². The largest absolute Gasteiger partial charge is 0.485 e. The second-order valence-electron chi connectivity index (χ2n) is 8.50. The number of aryl methyl sites for hydroxylation is 2. The van der Waals surface area contributed by atoms with E-state index >= 15 is 0 Å². The summed E-state index contributed by atoms with van der Waals surface area (Å²) in [6.07, 6.45) is 2.96. The van der Waals surface area contributed by atoms with Crippen LogP contribution in [0.3, 0.4) is 0 Å². The molecule has 8 nitrogen and oxygen atoms in total. The Hall–Kier alpha value is -3.69. The van der Waals surface area contributed by atoms with Crippen LogP contribution in [0.4, 0.5) is 13.6 Å². The molecule has 1 aliphatic heterocycles. The number of hydrogen-bond acceptors (Lipinski definition) is 4. The number of hydrogen-bond donors (Lipinski definition) is 2. The molecule has 1 unspecified atom stereocenters. The van der Waals surface area contributed by atoms with Crippen molar-refractivity contribution in [3.63, 3.8) is 0 Å². The quantitative estimate of drug-likeness (QED) is 0.584. The highest BCUT2D eigenvalue weighted by Gasteiger charge is 2.26. The van der Waals surface area contributed by atoms with Gasteiger partial charge in [-0.25, -0.2) is 18.6 Å². The molecule has 1 fully saturated rings. The van der Waals surface area contributed by atoms with Gasteiger partial charge in [0.1, 0.15) is 23.9 Å². The number of pyridine rings is 1. The molecule has 34 heavy (non-hydrogen) atoms. The van der Waals surface area contributed by atoms with E-state index in [1.54, 1.807) is 23.6 Å². The van der Waals surface area contributed by atoms with Crippen molar-refractivity contribution in [2.75, 3.05) is 13.1 Å². The molecule has 180 valence electrons. The van der Waals surface area contributed by atoms with E-state index in [2.05, 4.69) is 10.3 Å². The predicted octanol–water partition coefficient (Wildman–Crippen LogP) is 4.07. The van der Waals surface area contributed by atoms with Crippen LogP contribution in [0.5, 0.6) is 5.75 Å². The van der Waals surface area contributed by atoms with Crippen molar-refractivity contribution in [1.29, 1.82) is 0 Å². The van der Waals surface area contributed by atoms with E-state index in [4.69, 9.17) is 4.74 Å². The number of carboxylic acid groups (broad SMARTS) is 1. The molecule has 0 spiro atoms. The molecule has 2 aromatic heterocycles. The number of nitrogens with one attached hydrogen (secondary N) is 1. The van der Waals surface area contributed by atoms with Crippen LogP contribution in [-0.2, 0) is 6.61 Å². The Morgan fingerprint density at radius 3 is 2.68 bits per heavy atom. The molecule has 2 N–H and O–H groups in total. The number of halogens is 2. The lowest BCUT2D eigenvalue weighted by Gasteiger charge is -2.22. The molecule has 3 heterocycles. The number of ether oxygens (including phenoxy) is 1. The highest BCUT2D eigenvalue weighted by atomic mass is 19.1. The van der Waals surface area contributed by atoms with Crippen LogP contribution in [0, 0.1) is 25.5 Å². The van der Waals surface area contributed by atoms with E-state index in [0.29, 0.717) is 30.0 Å². The lowest BCUT2D eigenvalue weighted by Crippen LogP contribution is -2.44. The molecule has 1 aliphatic rings. The molecule has 0 bridgehead atoms. The first kappa shape index (κ1) is 23.5. The monoisotopic (exact) mass is 472 g/mol. The highest BCUT2D eigenvalue weighted by Crippen LogP contribution is 2.26. The summed E-state index contributed by atoms with van der Waals surface area (Å²) in [4.78, 5) is 30.4. The summed E-state index contributed by atoms with van der Waals surface area (Å²) in [6, 6.07) is 4.98. The Balaban J connectivity index is 1.60. The van der Waals surface area contributed by atoms with Gasteiger partial charge in [-0.15, -0.1) is 0 Å². The summed E-state index contributed by atoms with van der Waals surface area (Å²) < 4.78 is 35.4. The molecule has 0 saturated carbocycles. The summed E-state index contributed by atoms with van der Waals surface area (Å²) in [5.74, 6) is -1.50. The van der Waals surface area contributed by atoms with Crippen molar-refractivity contribution in [3.8, 4) is 5.75 Å². The molecule has 10 heteroatoms. The van der Waals surface area contributed by atoms with Crippen LogP contribution in [-0.4, -0.2) is 50.5 Å². The average Bonchev–Trinajstić information content (AvgIpc) is 2.93. The highest BCUT2D eigenvalue weighted by molar-refractivity contribution is 5.95. The van der Waals surface area contributed by atoms with Crippen molar-refractivity contribution in [3.05, 3.63) is 64.6 Å². The van der Waals surface area contributed by atoms with E-state index in [-0.39, 0.29) is 36.4 Å². The third kappa shape index (κ3) is 4.80. The normalized spacial score (nSPS) is 16.4. The maximum atomic E-state index is 14.0. The van der Waals surface area contributed by atoms with E-state index in [1.165, 1.54) is 11.0 Å². The minimum absolute atomic E-state index is 0.195. The van der Waals surface area contributed by atoms with Gasteiger partial charge in [0.15, 0.2) is 11.4 Å². The van der Waals surface area contributed by atoms with Crippen LogP contribution in [0.15, 0.2) is 30.5 Å². The number of nitrogens with zero attached hydrogens (tertiary/aromatic N) is 3. The van der Waals surface area contributed by atoms with E-state index in [9.17, 15) is 23.5 Å². The lowest BCUT2D eigenvalue weighted by molar-refractivity contribution is 0.0914. The number of amides is 2. The topological polar surface area (TPSA) is 96.2 Å². The zero-order valence-corrected chi connectivity index (χ0v) is 19.0. The van der Waals surface area contributed by atoms with Crippen molar-refractivity contribution >= 4 is 17.6 Å². The number of aromatic nitrogens is 2. The third-order valence-electron chi connectivity index (χ3n) is 5.92. The van der Waals surface area contributed by atoms with Crippen LogP contribution >= 0.6 is 0 Å². The molecule has 3 aromatic rings. The van der Waals surface area contributed by atoms with Gasteiger partial charge in [-0.3, -0.25) is 9.20 Å². The van der Waals surface area contributed by atoms with E-state index in [1.807, 2.05) is 6.92 Å². The Bertz CT molecular complexity index is 1220. The molecule has 4 rings (SSSR count). The molecule has 1 saturated heterocycles. The smallest absolute Gasteiger partial charge is 0.407 e. The Morgan fingerprint density at radius 2 is 1.97 bits per heavy atom. The number of benzene rings is 1. The van der Waals surface area contributed by atoms with Crippen molar-refractivity contribution in [2.24, 2.45) is 0 Å². The SMILES string of the molecule is Cc1cc(OCc2c(F)cccc2F)c2nc(C)c(C(=O)NC3CCCCN(C(=O)O)C3)n2c1. The summed E-state index contributed by atoms with van der Waals surface area (Å²) in [5.41, 5.74) is 1.66. The second-order valence-corrected chi connectivity index (χ2v) is 8.50. The van der Waals surface area contributed by atoms with Crippen LogP contribution in [0.1, 0.15) is 46.6 Å². The van der Waals surface area contributed by atoms with Gasteiger partial charge in [0.25, 0.3) is 5.91 Å². The maximum absolute atomic E-state index is 14.0. The first-order valence-electron chi connectivity index (χ1n) is 11.1. The lowest BCUT2D eigenvalue weighted by atomic mass is 10.1. The van der Waals surface area contributed by atoms with E-state index < -0.39 is 17.7 Å². The predicted molar refractivity (Wildman–Crippen MR) is 120 cm³/mol. The molecular formula is C24H26F2N4O4. The van der Waals surface area contributed by atoms with Crippen LogP contribution in [0.25, 0.3) is 5.65 Å². The Labute approximate surface area is 195 Å². The molecule has 0 radical (unpaired) electrons. The fourth-order valence-electron chi connectivity index (χ4n) is 4.25. The average molecular weight is 472 g/mol. The van der Waals surface area contributed by atoms with Gasteiger partial charge in [0.2, 0.25) is 0 Å². The van der Waals surface area contributed by atoms with Gasteiger partial charge >= 0.3 is 6.09 Å². The molecule has 1 aromatic carbocycles. The Kier molecular flexibility index (Phi) is 6.67. The summed E-state index contributed by atoms with van der Waals surface area (Å²) >= 11 is 0. The molecule has 2 amide bonds. The van der Waals surface area contributed by atoms with Crippen molar-refractivity contribution < 1.29 is 28.2 Å². The summed E-state index contributed by atoms with van der Waals surface area (Å²) in [6.45, 7) is 3.83. The minimum Gasteiger partial charge on any atom is -0.485 e.